The summed E-state index contributed by atoms with van der Waals surface area (Å²) in [5.74, 6) is 0. The monoisotopic (exact) mass is 389 g/mol. The van der Waals surface area contributed by atoms with Crippen LogP contribution < -0.4 is 10.6 Å². The van der Waals surface area contributed by atoms with Crippen molar-refractivity contribution in [2.24, 2.45) is 0 Å². The Morgan fingerprint density at radius 3 is 2.82 bits per heavy atom. The number of hydrogen-bond acceptors (Lipinski definition) is 4. The van der Waals surface area contributed by atoms with Gasteiger partial charge in [0.15, 0.2) is 0 Å². The molecule has 0 spiro atoms. The van der Waals surface area contributed by atoms with Gasteiger partial charge < -0.3 is 24.8 Å². The van der Waals surface area contributed by atoms with Crippen molar-refractivity contribution in [1.29, 1.82) is 0 Å². The van der Waals surface area contributed by atoms with Crippen molar-refractivity contribution in [3.63, 3.8) is 0 Å². The summed E-state index contributed by atoms with van der Waals surface area (Å²) in [5.41, 5.74) is 2.39. The Bertz CT molecular complexity index is 660. The van der Waals surface area contributed by atoms with E-state index < -0.39 is 0 Å². The van der Waals surface area contributed by atoms with E-state index in [9.17, 15) is 4.79 Å². The Morgan fingerprint density at radius 2 is 2.11 bits per heavy atom. The lowest BCUT2D eigenvalue weighted by molar-refractivity contribution is -0.0158. The van der Waals surface area contributed by atoms with Crippen LogP contribution in [0.5, 0.6) is 0 Å². The van der Waals surface area contributed by atoms with Gasteiger partial charge >= 0.3 is 6.03 Å². The normalized spacial score (nSPS) is 28.2. The van der Waals surface area contributed by atoms with Crippen molar-refractivity contribution >= 4 is 6.03 Å². The number of nitrogens with one attached hydrogen (secondary N) is 2. The third-order valence-electron chi connectivity index (χ3n) is 6.36. The highest BCUT2D eigenvalue weighted by Gasteiger charge is 2.29. The number of aromatic nitrogens is 2. The third-order valence-corrected chi connectivity index (χ3v) is 6.36. The lowest BCUT2D eigenvalue weighted by atomic mass is 9.93. The second kappa shape index (κ2) is 8.82. The van der Waals surface area contributed by atoms with Crippen molar-refractivity contribution in [1.82, 2.24) is 25.1 Å². The van der Waals surface area contributed by atoms with Gasteiger partial charge in [-0.1, -0.05) is 0 Å². The maximum Gasteiger partial charge on any atom is 0.317 e. The molecule has 3 heterocycles. The predicted molar refractivity (Wildman–Crippen MR) is 108 cm³/mol. The van der Waals surface area contributed by atoms with Crippen LogP contribution in [0.1, 0.15) is 69.8 Å². The van der Waals surface area contributed by atoms with Crippen molar-refractivity contribution in [2.75, 3.05) is 19.6 Å². The Labute approximate surface area is 168 Å². The molecule has 4 rings (SSSR count). The zero-order valence-corrected chi connectivity index (χ0v) is 17.3. The molecule has 1 aliphatic carbocycles. The first-order chi connectivity index (χ1) is 13.6. The molecule has 3 aliphatic rings. The minimum atomic E-state index is 0.0627. The van der Waals surface area contributed by atoms with Crippen LogP contribution in [0, 0.1) is 0 Å². The molecule has 156 valence electrons. The lowest BCUT2D eigenvalue weighted by Crippen LogP contribution is -2.48. The van der Waals surface area contributed by atoms with E-state index >= 15 is 0 Å². The number of carbonyl (C=O) groups excluding carboxylic acids is 1. The maximum atomic E-state index is 12.8. The number of carbonyl (C=O) groups is 1. The maximum absolute atomic E-state index is 12.8. The highest BCUT2D eigenvalue weighted by Crippen LogP contribution is 2.26. The molecule has 1 atom stereocenters. The summed E-state index contributed by atoms with van der Waals surface area (Å²) in [7, 11) is 0. The SMILES string of the molecule is CC(C)OC1CCC(NC(=O)N2CCc3c(ncn3C3CCCNC3)C2)CC1. The molecule has 2 fully saturated rings. The van der Waals surface area contributed by atoms with Gasteiger partial charge in [0.25, 0.3) is 0 Å². The first-order valence-electron chi connectivity index (χ1n) is 11.1. The van der Waals surface area contributed by atoms with Crippen LogP contribution in [0.4, 0.5) is 4.79 Å². The summed E-state index contributed by atoms with van der Waals surface area (Å²) in [4.78, 5) is 19.4. The number of imidazole rings is 1. The molecule has 2 aliphatic heterocycles. The van der Waals surface area contributed by atoms with E-state index in [0.717, 1.165) is 57.4 Å². The molecule has 0 aromatic carbocycles. The molecule has 1 saturated carbocycles. The molecule has 7 heteroatoms. The standard InChI is InChI=1S/C21H35N5O2/c1-15(2)28-18-7-5-16(6-8-18)24-21(27)25-11-9-20-19(13-25)23-14-26(20)17-4-3-10-22-12-17/h14-18,22H,3-13H2,1-2H3,(H,24,27). The first-order valence-corrected chi connectivity index (χ1v) is 11.1. The zero-order valence-electron chi connectivity index (χ0n) is 17.3. The molecule has 1 aromatic rings. The number of amides is 2. The number of hydrogen-bond donors (Lipinski definition) is 2. The minimum Gasteiger partial charge on any atom is -0.376 e. The van der Waals surface area contributed by atoms with Gasteiger partial charge in [0.05, 0.1) is 30.8 Å². The quantitative estimate of drug-likeness (QED) is 0.830. The highest BCUT2D eigenvalue weighted by molar-refractivity contribution is 5.74. The second-order valence-electron chi connectivity index (χ2n) is 8.82. The molecule has 0 bridgehead atoms. The molecule has 1 saturated heterocycles. The Hall–Kier alpha value is -1.60. The van der Waals surface area contributed by atoms with Gasteiger partial charge in [0.2, 0.25) is 0 Å². The molecule has 1 unspecified atom stereocenters. The van der Waals surface area contributed by atoms with Crippen molar-refractivity contribution in [2.45, 2.75) is 89.6 Å². The van der Waals surface area contributed by atoms with Crippen molar-refractivity contribution < 1.29 is 9.53 Å². The molecular weight excluding hydrogens is 354 g/mol. The summed E-state index contributed by atoms with van der Waals surface area (Å²) in [6.45, 7) is 7.72. The number of nitrogens with zero attached hydrogens (tertiary/aromatic N) is 3. The molecule has 2 amide bonds. The van der Waals surface area contributed by atoms with Gasteiger partial charge in [0.1, 0.15) is 0 Å². The number of fused-ring (bicyclic) bond motifs is 1. The van der Waals surface area contributed by atoms with E-state index in [4.69, 9.17) is 4.74 Å². The Balaban J connectivity index is 1.29. The average Bonchev–Trinajstić information content (AvgIpc) is 3.13. The third kappa shape index (κ3) is 4.51. The summed E-state index contributed by atoms with van der Waals surface area (Å²) in [5, 5.41) is 6.73. The fraction of sp³-hybridized carbons (Fsp3) is 0.810. The van der Waals surface area contributed by atoms with Crippen LogP contribution in [-0.2, 0) is 17.7 Å². The Morgan fingerprint density at radius 1 is 1.29 bits per heavy atom. The minimum absolute atomic E-state index is 0.0627. The van der Waals surface area contributed by atoms with E-state index in [0.29, 0.717) is 18.7 Å². The summed E-state index contributed by atoms with van der Waals surface area (Å²) < 4.78 is 8.27. The van der Waals surface area contributed by atoms with E-state index in [1.807, 2.05) is 11.2 Å². The zero-order chi connectivity index (χ0) is 19.5. The topological polar surface area (TPSA) is 71.4 Å². The van der Waals surface area contributed by atoms with Gasteiger partial charge in [-0.2, -0.15) is 0 Å². The van der Waals surface area contributed by atoms with Gasteiger partial charge in [-0.3, -0.25) is 0 Å². The van der Waals surface area contributed by atoms with Crippen LogP contribution in [0.25, 0.3) is 0 Å². The number of rotatable bonds is 4. The fourth-order valence-corrected chi connectivity index (χ4v) is 4.88. The van der Waals surface area contributed by atoms with Gasteiger partial charge in [-0.25, -0.2) is 9.78 Å². The lowest BCUT2D eigenvalue weighted by Gasteiger charge is -2.34. The van der Waals surface area contributed by atoms with Gasteiger partial charge in [-0.15, -0.1) is 0 Å². The summed E-state index contributed by atoms with van der Waals surface area (Å²) in [6.07, 6.45) is 10.0. The van der Waals surface area contributed by atoms with Crippen LogP contribution in [0.2, 0.25) is 0 Å². The van der Waals surface area contributed by atoms with E-state index in [1.165, 1.54) is 18.5 Å². The van der Waals surface area contributed by atoms with Crippen LogP contribution in [0.15, 0.2) is 6.33 Å². The molecule has 28 heavy (non-hydrogen) atoms. The number of urea groups is 1. The van der Waals surface area contributed by atoms with Crippen molar-refractivity contribution in [3.05, 3.63) is 17.7 Å². The second-order valence-corrected chi connectivity index (χ2v) is 8.82. The molecule has 2 N–H and O–H groups in total. The van der Waals surface area contributed by atoms with Crippen LogP contribution >= 0.6 is 0 Å². The first kappa shape index (κ1) is 19.7. The van der Waals surface area contributed by atoms with Crippen LogP contribution in [0.3, 0.4) is 0 Å². The van der Waals surface area contributed by atoms with Crippen molar-refractivity contribution in [3.8, 4) is 0 Å². The van der Waals surface area contributed by atoms with E-state index in [1.54, 1.807) is 0 Å². The molecular formula is C21H35N5O2. The van der Waals surface area contributed by atoms with Crippen LogP contribution in [-0.4, -0.2) is 58.4 Å². The highest BCUT2D eigenvalue weighted by atomic mass is 16.5. The fourth-order valence-electron chi connectivity index (χ4n) is 4.88. The Kier molecular flexibility index (Phi) is 6.21. The summed E-state index contributed by atoms with van der Waals surface area (Å²) >= 11 is 0. The van der Waals surface area contributed by atoms with Gasteiger partial charge in [0, 0.05) is 37.3 Å². The smallest absolute Gasteiger partial charge is 0.317 e. The van der Waals surface area contributed by atoms with E-state index in [2.05, 4.69) is 34.0 Å². The summed E-state index contributed by atoms with van der Waals surface area (Å²) in [6, 6.07) is 0.841. The average molecular weight is 390 g/mol. The largest absolute Gasteiger partial charge is 0.376 e. The van der Waals surface area contributed by atoms with E-state index in [-0.39, 0.29) is 18.2 Å². The van der Waals surface area contributed by atoms with Gasteiger partial charge in [-0.05, 0) is 58.9 Å². The number of ether oxygens (including phenoxy) is 1. The number of piperidine rings is 1. The molecule has 7 nitrogen and oxygen atoms in total. The predicted octanol–water partition coefficient (Wildman–Crippen LogP) is 2.61. The molecule has 1 aromatic heterocycles. The molecule has 0 radical (unpaired) electrons.